The van der Waals surface area contributed by atoms with Crippen LogP contribution in [-0.4, -0.2) is 7.11 Å². The third-order valence-electron chi connectivity index (χ3n) is 1.90. The van der Waals surface area contributed by atoms with Gasteiger partial charge in [0.15, 0.2) is 0 Å². The lowest BCUT2D eigenvalue weighted by Gasteiger charge is -2.04. The monoisotopic (exact) mass is 174 g/mol. The van der Waals surface area contributed by atoms with E-state index in [1.165, 1.54) is 0 Å². The van der Waals surface area contributed by atoms with Crippen LogP contribution in [0.15, 0.2) is 31.4 Å². The molecule has 1 heteroatoms. The Morgan fingerprint density at radius 1 is 1.23 bits per heavy atom. The number of benzene rings is 1. The lowest BCUT2D eigenvalue weighted by atomic mass is 10.0. The molecule has 0 heterocycles. The molecule has 13 heavy (non-hydrogen) atoms. The first kappa shape index (κ1) is 9.75. The van der Waals surface area contributed by atoms with Crippen molar-refractivity contribution in [2.24, 2.45) is 0 Å². The van der Waals surface area contributed by atoms with Crippen molar-refractivity contribution >= 4 is 12.2 Å². The number of hydrogen-bond acceptors (Lipinski definition) is 1. The molecule has 0 radical (unpaired) electrons. The Bertz CT molecular complexity index is 313. The molecule has 0 bridgehead atoms. The molecule has 0 saturated heterocycles. The molecule has 0 aliphatic carbocycles. The molecule has 1 aromatic carbocycles. The smallest absolute Gasteiger partial charge is 0.0713 e. The van der Waals surface area contributed by atoms with E-state index < -0.39 is 0 Å². The SMILES string of the molecule is C=Cc1ccc(COC)cc1C=C. The summed E-state index contributed by atoms with van der Waals surface area (Å²) in [6.07, 6.45) is 3.66. The number of rotatable bonds is 4. The van der Waals surface area contributed by atoms with Crippen molar-refractivity contribution in [1.29, 1.82) is 0 Å². The Labute approximate surface area is 79.4 Å². The highest BCUT2D eigenvalue weighted by atomic mass is 16.5. The third kappa shape index (κ3) is 2.30. The Morgan fingerprint density at radius 3 is 2.46 bits per heavy atom. The molecule has 0 aromatic heterocycles. The quantitative estimate of drug-likeness (QED) is 0.681. The first-order valence-corrected chi connectivity index (χ1v) is 4.18. The van der Waals surface area contributed by atoms with Crippen molar-refractivity contribution in [1.82, 2.24) is 0 Å². The van der Waals surface area contributed by atoms with Crippen molar-refractivity contribution in [3.8, 4) is 0 Å². The van der Waals surface area contributed by atoms with E-state index in [2.05, 4.69) is 19.2 Å². The topological polar surface area (TPSA) is 9.23 Å². The first-order valence-electron chi connectivity index (χ1n) is 4.18. The first-order chi connectivity index (χ1) is 6.31. The van der Waals surface area contributed by atoms with E-state index in [1.54, 1.807) is 7.11 Å². The lowest BCUT2D eigenvalue weighted by molar-refractivity contribution is 0.185. The van der Waals surface area contributed by atoms with Crippen molar-refractivity contribution in [2.75, 3.05) is 7.11 Å². The largest absolute Gasteiger partial charge is 0.380 e. The van der Waals surface area contributed by atoms with Gasteiger partial charge in [-0.25, -0.2) is 0 Å². The lowest BCUT2D eigenvalue weighted by Crippen LogP contribution is -1.89. The average Bonchev–Trinajstić information content (AvgIpc) is 2.18. The summed E-state index contributed by atoms with van der Waals surface area (Å²) in [5.74, 6) is 0. The maximum absolute atomic E-state index is 5.04. The summed E-state index contributed by atoms with van der Waals surface area (Å²) < 4.78 is 5.04. The zero-order valence-electron chi connectivity index (χ0n) is 7.92. The van der Waals surface area contributed by atoms with E-state index in [9.17, 15) is 0 Å². The molecule has 0 N–H and O–H groups in total. The maximum atomic E-state index is 5.04. The summed E-state index contributed by atoms with van der Waals surface area (Å²) in [6, 6.07) is 6.12. The van der Waals surface area contributed by atoms with Crippen molar-refractivity contribution in [2.45, 2.75) is 6.61 Å². The van der Waals surface area contributed by atoms with Gasteiger partial charge in [0.1, 0.15) is 0 Å². The Hall–Kier alpha value is -1.34. The van der Waals surface area contributed by atoms with Gasteiger partial charge in [0.2, 0.25) is 0 Å². The molecule has 0 aliphatic heterocycles. The summed E-state index contributed by atoms with van der Waals surface area (Å²) in [6.45, 7) is 8.13. The van der Waals surface area contributed by atoms with Crippen LogP contribution in [0.3, 0.4) is 0 Å². The minimum atomic E-state index is 0.637. The van der Waals surface area contributed by atoms with Crippen LogP contribution in [0.1, 0.15) is 16.7 Å². The zero-order chi connectivity index (χ0) is 9.68. The third-order valence-corrected chi connectivity index (χ3v) is 1.90. The molecular weight excluding hydrogens is 160 g/mol. The second kappa shape index (κ2) is 4.63. The van der Waals surface area contributed by atoms with Gasteiger partial charge < -0.3 is 4.74 Å². The van der Waals surface area contributed by atoms with Gasteiger partial charge in [0.25, 0.3) is 0 Å². The normalized spacial score (nSPS) is 9.62. The van der Waals surface area contributed by atoms with Crippen molar-refractivity contribution < 1.29 is 4.74 Å². The van der Waals surface area contributed by atoms with Gasteiger partial charge in [0, 0.05) is 7.11 Å². The highest BCUT2D eigenvalue weighted by Crippen LogP contribution is 2.15. The Morgan fingerprint density at radius 2 is 1.92 bits per heavy atom. The number of methoxy groups -OCH3 is 1. The Balaban J connectivity index is 3.05. The molecule has 0 fully saturated rings. The van der Waals surface area contributed by atoms with Crippen LogP contribution in [0.5, 0.6) is 0 Å². The molecule has 1 rings (SSSR count). The second-order valence-corrected chi connectivity index (χ2v) is 2.80. The minimum absolute atomic E-state index is 0.637. The molecule has 0 unspecified atom stereocenters. The highest BCUT2D eigenvalue weighted by Gasteiger charge is 1.97. The van der Waals surface area contributed by atoms with Crippen LogP contribution >= 0.6 is 0 Å². The molecule has 68 valence electrons. The average molecular weight is 174 g/mol. The summed E-state index contributed by atoms with van der Waals surface area (Å²) in [5, 5.41) is 0. The fourth-order valence-corrected chi connectivity index (χ4v) is 1.24. The van der Waals surface area contributed by atoms with Crippen LogP contribution in [0.4, 0.5) is 0 Å². The van der Waals surface area contributed by atoms with Crippen LogP contribution in [0.25, 0.3) is 12.2 Å². The summed E-state index contributed by atoms with van der Waals surface area (Å²) in [4.78, 5) is 0. The van der Waals surface area contributed by atoms with Crippen LogP contribution < -0.4 is 0 Å². The van der Waals surface area contributed by atoms with Crippen molar-refractivity contribution in [3.05, 3.63) is 48.0 Å². The molecule has 0 atom stereocenters. The van der Waals surface area contributed by atoms with E-state index in [0.717, 1.165) is 16.7 Å². The molecule has 0 saturated carbocycles. The molecule has 0 aliphatic rings. The van der Waals surface area contributed by atoms with Gasteiger partial charge in [-0.05, 0) is 22.8 Å². The van der Waals surface area contributed by atoms with E-state index in [0.29, 0.717) is 6.61 Å². The van der Waals surface area contributed by atoms with Gasteiger partial charge in [0.05, 0.1) is 6.61 Å². The van der Waals surface area contributed by atoms with Crippen LogP contribution in [0.2, 0.25) is 0 Å². The molecular formula is C12H14O. The summed E-state index contributed by atoms with van der Waals surface area (Å²) >= 11 is 0. The molecule has 0 amide bonds. The maximum Gasteiger partial charge on any atom is 0.0713 e. The van der Waals surface area contributed by atoms with Gasteiger partial charge >= 0.3 is 0 Å². The summed E-state index contributed by atoms with van der Waals surface area (Å²) in [7, 11) is 1.69. The molecule has 1 nitrogen and oxygen atoms in total. The van der Waals surface area contributed by atoms with Gasteiger partial charge in [-0.2, -0.15) is 0 Å². The van der Waals surface area contributed by atoms with E-state index in [4.69, 9.17) is 4.74 Å². The number of hydrogen-bond donors (Lipinski definition) is 0. The summed E-state index contributed by atoms with van der Waals surface area (Å²) in [5.41, 5.74) is 3.36. The van der Waals surface area contributed by atoms with Crippen LogP contribution in [-0.2, 0) is 11.3 Å². The van der Waals surface area contributed by atoms with E-state index >= 15 is 0 Å². The predicted molar refractivity (Wildman–Crippen MR) is 57.3 cm³/mol. The fourth-order valence-electron chi connectivity index (χ4n) is 1.24. The fraction of sp³-hybridized carbons (Fsp3) is 0.167. The Kier molecular flexibility index (Phi) is 3.47. The highest BCUT2D eigenvalue weighted by molar-refractivity contribution is 5.64. The van der Waals surface area contributed by atoms with Gasteiger partial charge in [-0.15, -0.1) is 0 Å². The predicted octanol–water partition coefficient (Wildman–Crippen LogP) is 3.12. The standard InChI is InChI=1S/C12H14O/c1-4-11-7-6-10(9-13-3)8-12(11)5-2/h4-8H,1-2,9H2,3H3. The van der Waals surface area contributed by atoms with Crippen molar-refractivity contribution in [3.63, 3.8) is 0 Å². The van der Waals surface area contributed by atoms with E-state index in [1.807, 2.05) is 24.3 Å². The number of ether oxygens (including phenoxy) is 1. The molecule has 0 spiro atoms. The van der Waals surface area contributed by atoms with Gasteiger partial charge in [-0.1, -0.05) is 37.4 Å². The van der Waals surface area contributed by atoms with Crippen LogP contribution in [0, 0.1) is 0 Å². The van der Waals surface area contributed by atoms with E-state index in [-0.39, 0.29) is 0 Å². The van der Waals surface area contributed by atoms with Gasteiger partial charge in [-0.3, -0.25) is 0 Å². The zero-order valence-corrected chi connectivity index (χ0v) is 7.92. The molecule has 1 aromatic rings. The minimum Gasteiger partial charge on any atom is -0.380 e. The second-order valence-electron chi connectivity index (χ2n) is 2.80.